The predicted molar refractivity (Wildman–Crippen MR) is 62.8 cm³/mol. The number of nitrogens with one attached hydrogen (secondary N) is 1. The number of alkyl halides is 3. The van der Waals surface area contributed by atoms with Crippen LogP contribution in [0.4, 0.5) is 18.9 Å². The molecule has 7 heteroatoms. The van der Waals surface area contributed by atoms with Gasteiger partial charge in [0, 0.05) is 11.8 Å². The molecule has 18 heavy (non-hydrogen) atoms. The SMILES string of the molecule is Nc1cc(C2(C(F)(F)F)C=CC=CN2)cnc1Cl. The summed E-state index contributed by atoms with van der Waals surface area (Å²) in [5.74, 6) is 0. The van der Waals surface area contributed by atoms with Crippen molar-refractivity contribution in [2.45, 2.75) is 11.7 Å². The van der Waals surface area contributed by atoms with Gasteiger partial charge >= 0.3 is 6.18 Å². The summed E-state index contributed by atoms with van der Waals surface area (Å²) >= 11 is 5.61. The van der Waals surface area contributed by atoms with E-state index in [-0.39, 0.29) is 16.4 Å². The number of aromatic nitrogens is 1. The molecule has 1 aromatic rings. The van der Waals surface area contributed by atoms with Gasteiger partial charge in [0.25, 0.3) is 0 Å². The number of pyridine rings is 1. The first-order valence-corrected chi connectivity index (χ1v) is 5.35. The molecule has 96 valence electrons. The Bertz CT molecular complexity index is 525. The standard InChI is InChI=1S/C11H9ClF3N3/c12-9-8(16)5-7(6-17-9)10(11(13,14)15)3-1-2-4-18-10/h1-6,18H,16H2. The minimum absolute atomic E-state index is 0.00236. The molecule has 2 heterocycles. The molecular weight excluding hydrogens is 267 g/mol. The van der Waals surface area contributed by atoms with Gasteiger partial charge in [-0.25, -0.2) is 4.98 Å². The predicted octanol–water partition coefficient (Wildman–Crippen LogP) is 2.75. The van der Waals surface area contributed by atoms with E-state index < -0.39 is 11.7 Å². The van der Waals surface area contributed by atoms with E-state index in [0.717, 1.165) is 12.3 Å². The van der Waals surface area contributed by atoms with Crippen LogP contribution >= 0.6 is 11.6 Å². The van der Waals surface area contributed by atoms with Gasteiger partial charge in [-0.05, 0) is 24.4 Å². The molecule has 1 atom stereocenters. The first kappa shape index (κ1) is 12.8. The molecule has 0 radical (unpaired) electrons. The second-order valence-corrected chi connectivity index (χ2v) is 4.13. The number of halogens is 4. The number of anilines is 1. The lowest BCUT2D eigenvalue weighted by molar-refractivity contribution is -0.182. The number of nitrogens with zero attached hydrogens (tertiary/aromatic N) is 1. The zero-order valence-corrected chi connectivity index (χ0v) is 9.76. The smallest absolute Gasteiger partial charge is 0.396 e. The molecule has 1 aliphatic rings. The first-order valence-electron chi connectivity index (χ1n) is 4.97. The van der Waals surface area contributed by atoms with E-state index in [1.165, 1.54) is 24.4 Å². The number of nitrogens with two attached hydrogens (primary N) is 1. The van der Waals surface area contributed by atoms with Gasteiger partial charge in [-0.2, -0.15) is 13.2 Å². The molecule has 0 saturated carbocycles. The molecule has 1 aromatic heterocycles. The van der Waals surface area contributed by atoms with Gasteiger partial charge in [0.2, 0.25) is 0 Å². The third kappa shape index (κ3) is 1.92. The number of dihydropyridines is 1. The highest BCUT2D eigenvalue weighted by Crippen LogP contribution is 2.42. The third-order valence-corrected chi connectivity index (χ3v) is 2.95. The maximum atomic E-state index is 13.3. The van der Waals surface area contributed by atoms with Crippen LogP contribution in [-0.4, -0.2) is 11.2 Å². The van der Waals surface area contributed by atoms with Crippen molar-refractivity contribution in [1.29, 1.82) is 0 Å². The Morgan fingerprint density at radius 2 is 2.06 bits per heavy atom. The highest BCUT2D eigenvalue weighted by molar-refractivity contribution is 6.31. The molecule has 2 rings (SSSR count). The minimum atomic E-state index is -4.53. The Morgan fingerprint density at radius 3 is 2.56 bits per heavy atom. The molecule has 0 fully saturated rings. The van der Waals surface area contributed by atoms with Crippen LogP contribution in [0.2, 0.25) is 5.15 Å². The Hall–Kier alpha value is -1.69. The first-order chi connectivity index (χ1) is 8.37. The van der Waals surface area contributed by atoms with Crippen molar-refractivity contribution in [2.75, 3.05) is 5.73 Å². The van der Waals surface area contributed by atoms with Crippen LogP contribution in [0.1, 0.15) is 5.56 Å². The fourth-order valence-electron chi connectivity index (χ4n) is 1.68. The van der Waals surface area contributed by atoms with Crippen molar-refractivity contribution >= 4 is 17.3 Å². The summed E-state index contributed by atoms with van der Waals surface area (Å²) in [6.07, 6.45) is 1.54. The Labute approximate surface area is 106 Å². The van der Waals surface area contributed by atoms with Crippen LogP contribution in [0.25, 0.3) is 0 Å². The fraction of sp³-hybridized carbons (Fsp3) is 0.182. The maximum Gasteiger partial charge on any atom is 0.419 e. The zero-order chi connectivity index (χ0) is 13.4. The van der Waals surface area contributed by atoms with Crippen molar-refractivity contribution in [3.63, 3.8) is 0 Å². The van der Waals surface area contributed by atoms with Crippen LogP contribution < -0.4 is 11.1 Å². The third-order valence-electron chi connectivity index (χ3n) is 2.63. The normalized spacial score (nSPS) is 22.9. The molecule has 0 spiro atoms. The maximum absolute atomic E-state index is 13.3. The Morgan fingerprint density at radius 1 is 1.33 bits per heavy atom. The largest absolute Gasteiger partial charge is 0.419 e. The van der Waals surface area contributed by atoms with E-state index in [9.17, 15) is 13.2 Å². The van der Waals surface area contributed by atoms with Gasteiger partial charge in [0.1, 0.15) is 0 Å². The molecule has 1 aliphatic heterocycles. The van der Waals surface area contributed by atoms with Crippen LogP contribution in [-0.2, 0) is 5.54 Å². The summed E-state index contributed by atoms with van der Waals surface area (Å²) in [4.78, 5) is 3.65. The summed E-state index contributed by atoms with van der Waals surface area (Å²) in [6, 6.07) is 1.17. The van der Waals surface area contributed by atoms with E-state index in [2.05, 4.69) is 10.3 Å². The number of allylic oxidation sites excluding steroid dienone is 2. The van der Waals surface area contributed by atoms with Gasteiger partial charge in [-0.15, -0.1) is 0 Å². The summed E-state index contributed by atoms with van der Waals surface area (Å²) in [6.45, 7) is 0. The molecule has 0 saturated heterocycles. The summed E-state index contributed by atoms with van der Waals surface area (Å²) < 4.78 is 39.8. The monoisotopic (exact) mass is 275 g/mol. The quantitative estimate of drug-likeness (QED) is 0.775. The second kappa shape index (κ2) is 4.20. The van der Waals surface area contributed by atoms with E-state index >= 15 is 0 Å². The van der Waals surface area contributed by atoms with E-state index in [0.29, 0.717) is 0 Å². The molecule has 0 aliphatic carbocycles. The van der Waals surface area contributed by atoms with Crippen LogP contribution in [0.3, 0.4) is 0 Å². The number of nitrogen functional groups attached to an aromatic ring is 1. The molecule has 3 N–H and O–H groups in total. The molecule has 1 unspecified atom stereocenters. The molecule has 0 bridgehead atoms. The highest BCUT2D eigenvalue weighted by atomic mass is 35.5. The van der Waals surface area contributed by atoms with Crippen molar-refractivity contribution in [3.8, 4) is 0 Å². The molecule has 0 amide bonds. The van der Waals surface area contributed by atoms with Crippen molar-refractivity contribution in [1.82, 2.24) is 10.3 Å². The molecule has 3 nitrogen and oxygen atoms in total. The Balaban J connectivity index is 2.57. The van der Waals surface area contributed by atoms with Crippen molar-refractivity contribution < 1.29 is 13.2 Å². The van der Waals surface area contributed by atoms with Crippen LogP contribution in [0.5, 0.6) is 0 Å². The van der Waals surface area contributed by atoms with E-state index in [4.69, 9.17) is 17.3 Å². The van der Waals surface area contributed by atoms with E-state index in [1.54, 1.807) is 0 Å². The van der Waals surface area contributed by atoms with Crippen molar-refractivity contribution in [3.05, 3.63) is 47.4 Å². The lowest BCUT2D eigenvalue weighted by Crippen LogP contribution is -2.51. The van der Waals surface area contributed by atoms with Gasteiger partial charge < -0.3 is 11.1 Å². The lowest BCUT2D eigenvalue weighted by atomic mass is 9.88. The number of rotatable bonds is 1. The Kier molecular flexibility index (Phi) is 2.98. The summed E-state index contributed by atoms with van der Waals surface area (Å²) in [5, 5.41) is 2.28. The van der Waals surface area contributed by atoms with Crippen molar-refractivity contribution in [2.24, 2.45) is 0 Å². The molecule has 0 aromatic carbocycles. The topological polar surface area (TPSA) is 50.9 Å². The fourth-order valence-corrected chi connectivity index (χ4v) is 1.79. The average Bonchev–Trinajstić information content (AvgIpc) is 2.32. The second-order valence-electron chi connectivity index (χ2n) is 3.77. The van der Waals surface area contributed by atoms with Crippen LogP contribution in [0, 0.1) is 0 Å². The van der Waals surface area contributed by atoms with Crippen LogP contribution in [0.15, 0.2) is 36.7 Å². The van der Waals surface area contributed by atoms with Gasteiger partial charge in [-0.1, -0.05) is 17.7 Å². The van der Waals surface area contributed by atoms with Gasteiger partial charge in [0.15, 0.2) is 10.7 Å². The highest BCUT2D eigenvalue weighted by Gasteiger charge is 2.54. The van der Waals surface area contributed by atoms with Gasteiger partial charge in [0.05, 0.1) is 5.69 Å². The number of hydrogen-bond donors (Lipinski definition) is 2. The summed E-state index contributed by atoms with van der Waals surface area (Å²) in [5.41, 5.74) is 3.06. The molecular formula is C11H9ClF3N3. The minimum Gasteiger partial charge on any atom is -0.396 e. The average molecular weight is 276 g/mol. The summed E-state index contributed by atoms with van der Waals surface area (Å²) in [7, 11) is 0. The lowest BCUT2D eigenvalue weighted by Gasteiger charge is -2.35. The number of hydrogen-bond acceptors (Lipinski definition) is 3. The van der Waals surface area contributed by atoms with Gasteiger partial charge in [-0.3, -0.25) is 0 Å². The van der Waals surface area contributed by atoms with E-state index in [1.807, 2.05) is 0 Å². The zero-order valence-electron chi connectivity index (χ0n) is 9.00.